The van der Waals surface area contributed by atoms with Gasteiger partial charge in [-0.1, -0.05) is 56.2 Å². The normalized spacial score (nSPS) is 13.8. The molecule has 0 fully saturated rings. The van der Waals surface area contributed by atoms with Gasteiger partial charge in [-0.15, -0.1) is 0 Å². The molecule has 0 saturated heterocycles. The quantitative estimate of drug-likeness (QED) is 0.574. The lowest BCUT2D eigenvalue weighted by Crippen LogP contribution is -2.35. The van der Waals surface area contributed by atoms with Gasteiger partial charge in [0, 0.05) is 24.1 Å². The molecule has 1 aliphatic rings. The third kappa shape index (κ3) is 4.93. The van der Waals surface area contributed by atoms with E-state index in [2.05, 4.69) is 85.0 Å². The molecule has 27 heavy (non-hydrogen) atoms. The highest BCUT2D eigenvalue weighted by Crippen LogP contribution is 2.43. The third-order valence-corrected chi connectivity index (χ3v) is 4.89. The van der Waals surface area contributed by atoms with Crippen LogP contribution in [-0.4, -0.2) is 5.54 Å². The molecule has 2 aromatic carbocycles. The van der Waals surface area contributed by atoms with Gasteiger partial charge in [0.1, 0.15) is 11.5 Å². The highest BCUT2D eigenvalue weighted by Gasteiger charge is 2.25. The molecule has 0 atom stereocenters. The Morgan fingerprint density at radius 1 is 0.815 bits per heavy atom. The first-order valence-electron chi connectivity index (χ1n) is 10.1. The molecule has 1 aliphatic heterocycles. The van der Waals surface area contributed by atoms with E-state index < -0.39 is 0 Å². The Bertz CT molecular complexity index is 850. The summed E-state index contributed by atoms with van der Waals surface area (Å²) in [5, 5.41) is 3.62. The molecular weight excluding hydrogens is 330 g/mol. The minimum Gasteiger partial charge on any atom is -0.456 e. The second-order valence-corrected chi connectivity index (χ2v) is 10.4. The molecule has 0 saturated carbocycles. The van der Waals surface area contributed by atoms with Crippen molar-refractivity contribution in [3.05, 3.63) is 57.6 Å². The number of ether oxygens (including phenoxy) is 1. The highest BCUT2D eigenvalue weighted by molar-refractivity contribution is 5.58. The smallest absolute Gasteiger partial charge is 0.135 e. The molecule has 2 nitrogen and oxygen atoms in total. The van der Waals surface area contributed by atoms with Gasteiger partial charge in [0.2, 0.25) is 0 Å². The van der Waals surface area contributed by atoms with Crippen LogP contribution in [0.3, 0.4) is 0 Å². The van der Waals surface area contributed by atoms with E-state index in [1.54, 1.807) is 0 Å². The maximum Gasteiger partial charge on any atom is 0.135 e. The molecule has 0 radical (unpaired) electrons. The standard InChI is InChI=1S/C25H35NO/c1-16-9-18-13-19-10-17(2)12-21(15-26-25(6,7)8)23(19)27-22(18)20(11-16)14-24(3,4)5/h9-12,26H,13-15H2,1-8H3. The highest BCUT2D eigenvalue weighted by atomic mass is 16.5. The van der Waals surface area contributed by atoms with Crippen molar-refractivity contribution in [3.8, 4) is 11.5 Å². The van der Waals surface area contributed by atoms with E-state index in [4.69, 9.17) is 4.74 Å². The molecule has 1 N–H and O–H groups in total. The molecule has 3 rings (SSSR count). The molecule has 0 amide bonds. The topological polar surface area (TPSA) is 21.3 Å². The van der Waals surface area contributed by atoms with Gasteiger partial charge in [-0.25, -0.2) is 0 Å². The maximum atomic E-state index is 6.62. The number of hydrogen-bond acceptors (Lipinski definition) is 2. The predicted molar refractivity (Wildman–Crippen MR) is 115 cm³/mol. The molecule has 0 aliphatic carbocycles. The van der Waals surface area contributed by atoms with Crippen LogP contribution in [0.1, 0.15) is 74.9 Å². The van der Waals surface area contributed by atoms with Crippen LogP contribution < -0.4 is 10.1 Å². The second-order valence-electron chi connectivity index (χ2n) is 10.4. The van der Waals surface area contributed by atoms with E-state index in [1.165, 1.54) is 33.4 Å². The van der Waals surface area contributed by atoms with Crippen LogP contribution in [0.4, 0.5) is 0 Å². The van der Waals surface area contributed by atoms with E-state index in [9.17, 15) is 0 Å². The SMILES string of the molecule is Cc1cc(CNC(C)(C)C)c2c(c1)Cc1cc(C)cc(CC(C)(C)C)c1O2. The van der Waals surface area contributed by atoms with Crippen molar-refractivity contribution in [2.24, 2.45) is 5.41 Å². The van der Waals surface area contributed by atoms with Crippen molar-refractivity contribution in [1.82, 2.24) is 5.32 Å². The number of fused-ring (bicyclic) bond motifs is 2. The summed E-state index contributed by atoms with van der Waals surface area (Å²) < 4.78 is 6.62. The van der Waals surface area contributed by atoms with Crippen molar-refractivity contribution in [2.45, 2.75) is 80.3 Å². The average Bonchev–Trinajstić information content (AvgIpc) is 2.48. The summed E-state index contributed by atoms with van der Waals surface area (Å²) >= 11 is 0. The molecule has 0 aromatic heterocycles. The van der Waals surface area contributed by atoms with Gasteiger partial charge in [0.25, 0.3) is 0 Å². The summed E-state index contributed by atoms with van der Waals surface area (Å²) in [4.78, 5) is 0. The first kappa shape index (κ1) is 19.9. The Morgan fingerprint density at radius 2 is 1.33 bits per heavy atom. The van der Waals surface area contributed by atoms with Crippen LogP contribution in [-0.2, 0) is 19.4 Å². The molecule has 146 valence electrons. The van der Waals surface area contributed by atoms with Gasteiger partial charge >= 0.3 is 0 Å². The molecular formula is C25H35NO. The van der Waals surface area contributed by atoms with Crippen LogP contribution in [0, 0.1) is 19.3 Å². The molecule has 0 bridgehead atoms. The van der Waals surface area contributed by atoms with Crippen molar-refractivity contribution in [2.75, 3.05) is 0 Å². The van der Waals surface area contributed by atoms with Crippen LogP contribution in [0.25, 0.3) is 0 Å². The number of rotatable bonds is 3. The number of aryl methyl sites for hydroxylation is 2. The summed E-state index contributed by atoms with van der Waals surface area (Å²) in [5.74, 6) is 2.15. The minimum absolute atomic E-state index is 0.0811. The van der Waals surface area contributed by atoms with Crippen LogP contribution in [0.5, 0.6) is 11.5 Å². The van der Waals surface area contributed by atoms with E-state index in [0.717, 1.165) is 30.9 Å². The summed E-state index contributed by atoms with van der Waals surface area (Å²) in [6.45, 7) is 18.7. The van der Waals surface area contributed by atoms with Crippen molar-refractivity contribution < 1.29 is 4.74 Å². The fraction of sp³-hybridized carbons (Fsp3) is 0.520. The maximum absolute atomic E-state index is 6.62. The van der Waals surface area contributed by atoms with Gasteiger partial charge in [0.05, 0.1) is 0 Å². The summed E-state index contributed by atoms with van der Waals surface area (Å²) in [7, 11) is 0. The average molecular weight is 366 g/mol. The number of nitrogens with one attached hydrogen (secondary N) is 1. The van der Waals surface area contributed by atoms with E-state index in [-0.39, 0.29) is 11.0 Å². The minimum atomic E-state index is 0.0811. The lowest BCUT2D eigenvalue weighted by atomic mass is 9.85. The summed E-state index contributed by atoms with van der Waals surface area (Å²) in [6, 6.07) is 9.14. The Kier molecular flexibility index (Phi) is 5.16. The first-order valence-corrected chi connectivity index (χ1v) is 10.1. The molecule has 2 heteroatoms. The lowest BCUT2D eigenvalue weighted by Gasteiger charge is -2.29. The Morgan fingerprint density at radius 3 is 1.85 bits per heavy atom. The van der Waals surface area contributed by atoms with E-state index >= 15 is 0 Å². The van der Waals surface area contributed by atoms with Crippen LogP contribution >= 0.6 is 0 Å². The molecule has 0 unspecified atom stereocenters. The number of hydrogen-bond donors (Lipinski definition) is 1. The van der Waals surface area contributed by atoms with Crippen LogP contribution in [0.15, 0.2) is 24.3 Å². The zero-order valence-corrected chi connectivity index (χ0v) is 18.3. The van der Waals surface area contributed by atoms with Gasteiger partial charge in [-0.05, 0) is 63.1 Å². The van der Waals surface area contributed by atoms with Crippen molar-refractivity contribution in [3.63, 3.8) is 0 Å². The Hall–Kier alpha value is -1.80. The Labute approximate surface area is 165 Å². The van der Waals surface area contributed by atoms with E-state index in [0.29, 0.717) is 0 Å². The summed E-state index contributed by atoms with van der Waals surface area (Å²) in [5.41, 5.74) is 8.15. The zero-order valence-electron chi connectivity index (χ0n) is 18.3. The molecule has 1 heterocycles. The van der Waals surface area contributed by atoms with Gasteiger partial charge in [-0.2, -0.15) is 0 Å². The lowest BCUT2D eigenvalue weighted by molar-refractivity contribution is 0.387. The fourth-order valence-electron chi connectivity index (χ4n) is 3.88. The Balaban J connectivity index is 2.02. The third-order valence-electron chi connectivity index (χ3n) is 4.89. The van der Waals surface area contributed by atoms with Crippen molar-refractivity contribution >= 4 is 0 Å². The monoisotopic (exact) mass is 365 g/mol. The largest absolute Gasteiger partial charge is 0.456 e. The predicted octanol–water partition coefficient (Wildman–Crippen LogP) is 6.48. The molecule has 0 spiro atoms. The fourth-order valence-corrected chi connectivity index (χ4v) is 3.88. The van der Waals surface area contributed by atoms with Crippen molar-refractivity contribution in [1.29, 1.82) is 0 Å². The van der Waals surface area contributed by atoms with Crippen LogP contribution in [0.2, 0.25) is 0 Å². The summed E-state index contributed by atoms with van der Waals surface area (Å²) in [6.07, 6.45) is 1.97. The van der Waals surface area contributed by atoms with Gasteiger partial charge in [0.15, 0.2) is 0 Å². The number of benzene rings is 2. The zero-order chi connectivity index (χ0) is 20.0. The van der Waals surface area contributed by atoms with E-state index in [1.807, 2.05) is 0 Å². The second kappa shape index (κ2) is 6.98. The van der Waals surface area contributed by atoms with Gasteiger partial charge in [-0.3, -0.25) is 0 Å². The molecule has 2 aromatic rings. The first-order chi connectivity index (χ1) is 12.4. The van der Waals surface area contributed by atoms with Gasteiger partial charge < -0.3 is 10.1 Å².